The van der Waals surface area contributed by atoms with Gasteiger partial charge in [-0.05, 0) is 19.8 Å². The molecule has 0 bridgehead atoms. The molecule has 0 fully saturated rings. The van der Waals surface area contributed by atoms with Crippen LogP contribution >= 0.6 is 0 Å². The summed E-state index contributed by atoms with van der Waals surface area (Å²) in [4.78, 5) is 21.0. The standard InChI is InChI=1S/C14H25N5O/c1-6-14(5,7-2)18-13(20)11-10(19-15)8-16-12(17-11)9(3)4/h8-9,19H,6-7,15H2,1-5H3,(H,18,20). The van der Waals surface area contributed by atoms with E-state index in [0.717, 1.165) is 12.8 Å². The zero-order valence-electron chi connectivity index (χ0n) is 12.9. The quantitative estimate of drug-likeness (QED) is 0.548. The lowest BCUT2D eigenvalue weighted by Gasteiger charge is -2.28. The number of aromatic nitrogens is 2. The van der Waals surface area contributed by atoms with E-state index in [-0.39, 0.29) is 17.4 Å². The maximum atomic E-state index is 12.4. The second-order valence-corrected chi connectivity index (χ2v) is 5.51. The molecule has 6 nitrogen and oxygen atoms in total. The smallest absolute Gasteiger partial charge is 0.272 e. The second-order valence-electron chi connectivity index (χ2n) is 5.51. The fraction of sp³-hybridized carbons (Fsp3) is 0.643. The van der Waals surface area contributed by atoms with Gasteiger partial charge < -0.3 is 10.7 Å². The molecule has 20 heavy (non-hydrogen) atoms. The van der Waals surface area contributed by atoms with E-state index in [4.69, 9.17) is 5.84 Å². The summed E-state index contributed by atoms with van der Waals surface area (Å²) in [6.07, 6.45) is 3.25. The van der Waals surface area contributed by atoms with Gasteiger partial charge in [-0.15, -0.1) is 0 Å². The topological polar surface area (TPSA) is 92.9 Å². The predicted molar refractivity (Wildman–Crippen MR) is 80.4 cm³/mol. The molecule has 1 heterocycles. The number of amides is 1. The Kier molecular flexibility index (Phi) is 5.44. The lowest BCUT2D eigenvalue weighted by atomic mass is 9.95. The molecular weight excluding hydrogens is 254 g/mol. The summed E-state index contributed by atoms with van der Waals surface area (Å²) in [5, 5.41) is 3.03. The van der Waals surface area contributed by atoms with E-state index in [1.807, 2.05) is 34.6 Å². The van der Waals surface area contributed by atoms with Gasteiger partial charge in [0.25, 0.3) is 5.91 Å². The highest BCUT2D eigenvalue weighted by Gasteiger charge is 2.25. The summed E-state index contributed by atoms with van der Waals surface area (Å²) in [7, 11) is 0. The van der Waals surface area contributed by atoms with Crippen LogP contribution in [0.1, 0.15) is 69.7 Å². The first-order chi connectivity index (χ1) is 9.36. The molecule has 0 atom stereocenters. The molecule has 0 aliphatic heterocycles. The zero-order chi connectivity index (χ0) is 15.3. The van der Waals surface area contributed by atoms with Crippen LogP contribution in [0.2, 0.25) is 0 Å². The van der Waals surface area contributed by atoms with E-state index < -0.39 is 0 Å². The molecule has 6 heteroatoms. The Labute approximate surface area is 120 Å². The van der Waals surface area contributed by atoms with Gasteiger partial charge in [0.15, 0.2) is 5.69 Å². The number of hydrazine groups is 1. The van der Waals surface area contributed by atoms with E-state index in [1.165, 1.54) is 0 Å². The van der Waals surface area contributed by atoms with Gasteiger partial charge >= 0.3 is 0 Å². The lowest BCUT2D eigenvalue weighted by Crippen LogP contribution is -2.45. The van der Waals surface area contributed by atoms with Crippen LogP contribution in [-0.2, 0) is 0 Å². The minimum atomic E-state index is -0.244. The Morgan fingerprint density at radius 2 is 2.00 bits per heavy atom. The van der Waals surface area contributed by atoms with Crippen molar-refractivity contribution in [1.82, 2.24) is 15.3 Å². The molecule has 4 N–H and O–H groups in total. The van der Waals surface area contributed by atoms with Crippen LogP contribution in [0.5, 0.6) is 0 Å². The van der Waals surface area contributed by atoms with Crippen LogP contribution < -0.4 is 16.6 Å². The third-order valence-corrected chi connectivity index (χ3v) is 3.67. The third kappa shape index (κ3) is 3.66. The number of nitrogen functional groups attached to an aromatic ring is 1. The SMILES string of the molecule is CCC(C)(CC)NC(=O)c1nc(C(C)C)ncc1NN. The first-order valence-corrected chi connectivity index (χ1v) is 7.03. The molecule has 1 rings (SSSR count). The maximum Gasteiger partial charge on any atom is 0.272 e. The van der Waals surface area contributed by atoms with Crippen molar-refractivity contribution in [2.75, 3.05) is 5.43 Å². The Morgan fingerprint density at radius 1 is 1.40 bits per heavy atom. The molecule has 112 valence electrons. The molecule has 0 radical (unpaired) electrons. The Morgan fingerprint density at radius 3 is 2.45 bits per heavy atom. The van der Waals surface area contributed by atoms with Crippen molar-refractivity contribution < 1.29 is 4.79 Å². The van der Waals surface area contributed by atoms with Crippen molar-refractivity contribution in [3.05, 3.63) is 17.7 Å². The molecule has 0 aliphatic rings. The lowest BCUT2D eigenvalue weighted by molar-refractivity contribution is 0.0896. The van der Waals surface area contributed by atoms with Gasteiger partial charge in [0.05, 0.1) is 11.9 Å². The first kappa shape index (κ1) is 16.4. The number of carbonyl (C=O) groups is 1. The summed E-state index contributed by atoms with van der Waals surface area (Å²) < 4.78 is 0. The molecule has 0 saturated carbocycles. The van der Waals surface area contributed by atoms with Gasteiger partial charge in [-0.25, -0.2) is 9.97 Å². The number of nitrogens with two attached hydrogens (primary N) is 1. The molecule has 0 unspecified atom stereocenters. The monoisotopic (exact) mass is 279 g/mol. The maximum absolute atomic E-state index is 12.4. The van der Waals surface area contributed by atoms with Gasteiger partial charge in [0.1, 0.15) is 5.82 Å². The second kappa shape index (κ2) is 6.65. The highest BCUT2D eigenvalue weighted by Crippen LogP contribution is 2.18. The van der Waals surface area contributed by atoms with Crippen LogP contribution in [0.3, 0.4) is 0 Å². The van der Waals surface area contributed by atoms with Crippen LogP contribution in [0.4, 0.5) is 5.69 Å². The molecule has 1 amide bonds. The number of nitrogens with one attached hydrogen (secondary N) is 2. The molecule has 1 aromatic heterocycles. The number of carbonyl (C=O) groups excluding carboxylic acids is 1. The highest BCUT2D eigenvalue weighted by molar-refractivity contribution is 5.97. The number of hydrogen-bond acceptors (Lipinski definition) is 5. The average molecular weight is 279 g/mol. The minimum absolute atomic E-state index is 0.150. The van der Waals surface area contributed by atoms with Crippen LogP contribution in [-0.4, -0.2) is 21.4 Å². The fourth-order valence-corrected chi connectivity index (χ4v) is 1.71. The molecule has 0 aromatic carbocycles. The highest BCUT2D eigenvalue weighted by atomic mass is 16.2. The normalized spacial score (nSPS) is 11.6. The number of nitrogens with zero attached hydrogens (tertiary/aromatic N) is 2. The summed E-state index contributed by atoms with van der Waals surface area (Å²) in [5.74, 6) is 5.98. The summed E-state index contributed by atoms with van der Waals surface area (Å²) in [6, 6.07) is 0. The van der Waals surface area contributed by atoms with Crippen molar-refractivity contribution in [3.8, 4) is 0 Å². The van der Waals surface area contributed by atoms with Crippen molar-refractivity contribution >= 4 is 11.6 Å². The molecule has 1 aromatic rings. The Balaban J connectivity index is 3.10. The fourth-order valence-electron chi connectivity index (χ4n) is 1.71. The largest absolute Gasteiger partial charge is 0.345 e. The van der Waals surface area contributed by atoms with E-state index in [0.29, 0.717) is 17.2 Å². The van der Waals surface area contributed by atoms with Crippen molar-refractivity contribution in [1.29, 1.82) is 0 Å². The van der Waals surface area contributed by atoms with E-state index >= 15 is 0 Å². The zero-order valence-corrected chi connectivity index (χ0v) is 12.9. The van der Waals surface area contributed by atoms with E-state index in [2.05, 4.69) is 20.7 Å². The molecular formula is C14H25N5O. The molecule has 0 aliphatic carbocycles. The Bertz CT molecular complexity index is 469. The van der Waals surface area contributed by atoms with E-state index in [9.17, 15) is 4.79 Å². The number of rotatable bonds is 6. The average Bonchev–Trinajstić information content (AvgIpc) is 2.46. The van der Waals surface area contributed by atoms with Gasteiger partial charge in [-0.1, -0.05) is 27.7 Å². The summed E-state index contributed by atoms with van der Waals surface area (Å²) in [6.45, 7) is 10.1. The first-order valence-electron chi connectivity index (χ1n) is 7.03. The van der Waals surface area contributed by atoms with Gasteiger partial charge in [0, 0.05) is 11.5 Å². The van der Waals surface area contributed by atoms with Crippen LogP contribution in [0.25, 0.3) is 0 Å². The van der Waals surface area contributed by atoms with Gasteiger partial charge in [0.2, 0.25) is 0 Å². The van der Waals surface area contributed by atoms with Gasteiger partial charge in [-0.3, -0.25) is 10.6 Å². The molecule has 0 saturated heterocycles. The van der Waals surface area contributed by atoms with Crippen LogP contribution in [0, 0.1) is 0 Å². The summed E-state index contributed by atoms with van der Waals surface area (Å²) >= 11 is 0. The predicted octanol–water partition coefficient (Wildman–Crippen LogP) is 2.19. The number of hydrogen-bond donors (Lipinski definition) is 3. The van der Waals surface area contributed by atoms with Crippen LogP contribution in [0.15, 0.2) is 6.20 Å². The molecule has 0 spiro atoms. The number of anilines is 1. The minimum Gasteiger partial charge on any atom is -0.345 e. The van der Waals surface area contributed by atoms with Crippen molar-refractivity contribution in [2.45, 2.75) is 58.9 Å². The third-order valence-electron chi connectivity index (χ3n) is 3.67. The Hall–Kier alpha value is -1.69. The van der Waals surface area contributed by atoms with Crippen molar-refractivity contribution in [3.63, 3.8) is 0 Å². The van der Waals surface area contributed by atoms with Gasteiger partial charge in [-0.2, -0.15) is 0 Å². The van der Waals surface area contributed by atoms with Crippen molar-refractivity contribution in [2.24, 2.45) is 5.84 Å². The summed E-state index contributed by atoms with van der Waals surface area (Å²) in [5.41, 5.74) is 2.96. The van der Waals surface area contributed by atoms with E-state index in [1.54, 1.807) is 6.20 Å².